The molecule has 66 valence electrons. The van der Waals surface area contributed by atoms with E-state index in [4.69, 9.17) is 0 Å². The van der Waals surface area contributed by atoms with Crippen LogP contribution in [0.5, 0.6) is 0 Å². The van der Waals surface area contributed by atoms with E-state index in [1.165, 1.54) is 18.2 Å². The first-order chi connectivity index (χ1) is 6.18. The van der Waals surface area contributed by atoms with E-state index in [2.05, 4.69) is 0 Å². The Labute approximate surface area is 72.6 Å². The maximum absolute atomic E-state index is 12.7. The van der Waals surface area contributed by atoms with Crippen molar-refractivity contribution < 1.29 is 13.5 Å². The Kier molecular flexibility index (Phi) is 1.62. The summed E-state index contributed by atoms with van der Waals surface area (Å²) in [5.41, 5.74) is 0.126. The second-order valence-corrected chi connectivity index (χ2v) is 2.65. The van der Waals surface area contributed by atoms with Gasteiger partial charge in [0, 0.05) is 12.1 Å². The predicted molar refractivity (Wildman–Crippen MR) is 42.8 cm³/mol. The lowest BCUT2D eigenvalue weighted by Crippen LogP contribution is -2.31. The molecule has 0 atom stereocenters. The van der Waals surface area contributed by atoms with Gasteiger partial charge in [-0.25, -0.2) is 4.39 Å². The van der Waals surface area contributed by atoms with E-state index in [-0.39, 0.29) is 10.2 Å². The quantitative estimate of drug-likeness (QED) is 0.345. The molecule has 0 fully saturated rings. The number of pyridine rings is 1. The van der Waals surface area contributed by atoms with E-state index in [1.54, 1.807) is 0 Å². The largest absolute Gasteiger partial charge is 0.616 e. The number of hydrogen-bond donors (Lipinski definition) is 0. The van der Waals surface area contributed by atoms with Crippen molar-refractivity contribution in [3.63, 3.8) is 0 Å². The van der Waals surface area contributed by atoms with Gasteiger partial charge in [0.2, 0.25) is 5.52 Å². The minimum absolute atomic E-state index is 0.126. The summed E-state index contributed by atoms with van der Waals surface area (Å²) in [5, 5.41) is 11.4. The van der Waals surface area contributed by atoms with E-state index < -0.39 is 11.8 Å². The molecule has 0 bridgehead atoms. The lowest BCUT2D eigenvalue weighted by Gasteiger charge is -2.01. The summed E-state index contributed by atoms with van der Waals surface area (Å²) in [6, 6.07) is 5.93. The molecule has 4 heteroatoms. The molecule has 0 spiro atoms. The zero-order valence-corrected chi connectivity index (χ0v) is 6.50. The third-order valence-electron chi connectivity index (χ3n) is 1.80. The average Bonchev–Trinajstić information content (AvgIpc) is 2.12. The van der Waals surface area contributed by atoms with Crippen molar-refractivity contribution in [3.8, 4) is 0 Å². The van der Waals surface area contributed by atoms with Gasteiger partial charge in [0.05, 0.1) is 5.39 Å². The van der Waals surface area contributed by atoms with Crippen molar-refractivity contribution in [1.29, 1.82) is 0 Å². The molecule has 1 heterocycles. The van der Waals surface area contributed by atoms with Crippen LogP contribution in [-0.4, -0.2) is 0 Å². The maximum atomic E-state index is 12.7. The van der Waals surface area contributed by atoms with Crippen LogP contribution in [0.25, 0.3) is 10.9 Å². The Morgan fingerprint density at radius 1 is 1.08 bits per heavy atom. The predicted octanol–water partition coefficient (Wildman–Crippen LogP) is 1.75. The fourth-order valence-corrected chi connectivity index (χ4v) is 1.19. The van der Waals surface area contributed by atoms with E-state index in [0.717, 1.165) is 12.1 Å². The van der Waals surface area contributed by atoms with Crippen molar-refractivity contribution in [2.24, 2.45) is 0 Å². The van der Waals surface area contributed by atoms with E-state index in [0.29, 0.717) is 5.39 Å². The van der Waals surface area contributed by atoms with Crippen molar-refractivity contribution in [2.45, 2.75) is 0 Å². The SMILES string of the molecule is [O-][n+]1c(F)ccc2cc(F)ccc21. The van der Waals surface area contributed by atoms with Crippen molar-refractivity contribution in [1.82, 2.24) is 0 Å². The van der Waals surface area contributed by atoms with Gasteiger partial charge in [-0.2, -0.15) is 0 Å². The van der Waals surface area contributed by atoms with Crippen LogP contribution in [0.1, 0.15) is 0 Å². The fraction of sp³-hybridized carbons (Fsp3) is 0. The van der Waals surface area contributed by atoms with Gasteiger partial charge in [-0.05, 0) is 18.2 Å². The van der Waals surface area contributed by atoms with E-state index >= 15 is 0 Å². The number of rotatable bonds is 0. The van der Waals surface area contributed by atoms with Gasteiger partial charge in [-0.3, -0.25) is 0 Å². The molecule has 0 unspecified atom stereocenters. The smallest absolute Gasteiger partial charge is 0.371 e. The number of nitrogens with zero attached hydrogens (tertiary/aromatic N) is 1. The standard InChI is InChI=1S/C9H5F2NO/c10-7-2-3-8-6(5-7)1-4-9(11)12(8)13/h1-5H. The summed E-state index contributed by atoms with van der Waals surface area (Å²) in [6.45, 7) is 0. The van der Waals surface area contributed by atoms with Gasteiger partial charge in [0.25, 0.3) is 0 Å². The van der Waals surface area contributed by atoms with Gasteiger partial charge < -0.3 is 5.21 Å². The first-order valence-corrected chi connectivity index (χ1v) is 3.66. The second kappa shape index (κ2) is 2.65. The molecule has 2 nitrogen and oxygen atoms in total. The Balaban J connectivity index is 2.87. The normalized spacial score (nSPS) is 10.6. The summed E-state index contributed by atoms with van der Waals surface area (Å²) in [4.78, 5) is 0. The van der Waals surface area contributed by atoms with E-state index in [1.807, 2.05) is 0 Å². The van der Waals surface area contributed by atoms with Crippen molar-refractivity contribution in [2.75, 3.05) is 0 Å². The summed E-state index contributed by atoms with van der Waals surface area (Å²) in [5.74, 6) is -1.33. The molecular formula is C9H5F2NO. The third-order valence-corrected chi connectivity index (χ3v) is 1.80. The number of fused-ring (bicyclic) bond motifs is 1. The second-order valence-electron chi connectivity index (χ2n) is 2.65. The van der Waals surface area contributed by atoms with Gasteiger partial charge in [-0.15, -0.1) is 9.12 Å². The van der Waals surface area contributed by atoms with E-state index in [9.17, 15) is 14.0 Å². The Bertz CT molecular complexity index is 470. The topological polar surface area (TPSA) is 26.9 Å². The summed E-state index contributed by atoms with van der Waals surface area (Å²) < 4.78 is 25.5. The highest BCUT2D eigenvalue weighted by Crippen LogP contribution is 2.11. The third kappa shape index (κ3) is 1.20. The molecule has 0 saturated carbocycles. The number of aromatic nitrogens is 1. The Morgan fingerprint density at radius 3 is 2.62 bits per heavy atom. The lowest BCUT2D eigenvalue weighted by atomic mass is 10.2. The monoisotopic (exact) mass is 181 g/mol. The first-order valence-electron chi connectivity index (χ1n) is 3.66. The molecule has 0 aliphatic rings. The highest BCUT2D eigenvalue weighted by Gasteiger charge is 2.09. The summed E-state index contributed by atoms with van der Waals surface area (Å²) >= 11 is 0. The number of benzene rings is 1. The Hall–Kier alpha value is -1.71. The van der Waals surface area contributed by atoms with Crippen LogP contribution in [0.4, 0.5) is 8.78 Å². The molecule has 0 N–H and O–H groups in total. The van der Waals surface area contributed by atoms with Crippen LogP contribution < -0.4 is 4.73 Å². The molecule has 0 aliphatic heterocycles. The minimum atomic E-state index is -0.890. The number of hydrogen-bond acceptors (Lipinski definition) is 1. The van der Waals surface area contributed by atoms with Crippen LogP contribution in [-0.2, 0) is 0 Å². The van der Waals surface area contributed by atoms with Crippen LogP contribution in [0.3, 0.4) is 0 Å². The molecule has 0 amide bonds. The molecule has 1 aromatic carbocycles. The Morgan fingerprint density at radius 2 is 1.85 bits per heavy atom. The highest BCUT2D eigenvalue weighted by molar-refractivity contribution is 5.75. The molecule has 0 saturated heterocycles. The molecule has 2 aromatic rings. The van der Waals surface area contributed by atoms with Gasteiger partial charge >= 0.3 is 5.95 Å². The van der Waals surface area contributed by atoms with Gasteiger partial charge in [0.1, 0.15) is 5.82 Å². The van der Waals surface area contributed by atoms with Crippen molar-refractivity contribution in [3.05, 3.63) is 47.3 Å². The molecular weight excluding hydrogens is 176 g/mol. The van der Waals surface area contributed by atoms with Gasteiger partial charge in [0.15, 0.2) is 0 Å². The minimum Gasteiger partial charge on any atom is -0.616 e. The highest BCUT2D eigenvalue weighted by atomic mass is 19.1. The fourth-order valence-electron chi connectivity index (χ4n) is 1.19. The lowest BCUT2D eigenvalue weighted by molar-refractivity contribution is -0.610. The molecule has 2 rings (SSSR count). The van der Waals surface area contributed by atoms with Crippen LogP contribution >= 0.6 is 0 Å². The van der Waals surface area contributed by atoms with Crippen LogP contribution in [0.2, 0.25) is 0 Å². The van der Waals surface area contributed by atoms with Gasteiger partial charge in [-0.1, -0.05) is 0 Å². The van der Waals surface area contributed by atoms with Crippen molar-refractivity contribution >= 4 is 10.9 Å². The number of halogens is 2. The zero-order chi connectivity index (χ0) is 9.42. The van der Waals surface area contributed by atoms with Crippen LogP contribution in [0, 0.1) is 17.0 Å². The first kappa shape index (κ1) is 7.91. The summed E-state index contributed by atoms with van der Waals surface area (Å²) in [6.07, 6.45) is 0. The molecule has 1 aromatic heterocycles. The molecule has 0 radical (unpaired) electrons. The van der Waals surface area contributed by atoms with Crippen LogP contribution in [0.15, 0.2) is 30.3 Å². The molecule has 0 aliphatic carbocycles. The zero-order valence-electron chi connectivity index (χ0n) is 6.50. The molecule has 13 heavy (non-hydrogen) atoms. The maximum Gasteiger partial charge on any atom is 0.371 e. The average molecular weight is 181 g/mol. The summed E-state index contributed by atoms with van der Waals surface area (Å²) in [7, 11) is 0.